The van der Waals surface area contributed by atoms with E-state index in [4.69, 9.17) is 5.11 Å². The molecule has 1 heterocycles. The predicted molar refractivity (Wildman–Crippen MR) is 43.0 cm³/mol. The fourth-order valence-electron chi connectivity index (χ4n) is 1.04. The first-order chi connectivity index (χ1) is 6.61. The summed E-state index contributed by atoms with van der Waals surface area (Å²) < 4.78 is 24.9. The Labute approximate surface area is 78.6 Å². The van der Waals surface area contributed by atoms with Gasteiger partial charge in [0.2, 0.25) is 6.43 Å². The summed E-state index contributed by atoms with van der Waals surface area (Å²) in [6.45, 7) is 0. The molecule has 0 saturated heterocycles. The van der Waals surface area contributed by atoms with Crippen LogP contribution in [0.5, 0.6) is 0 Å². The Hall–Kier alpha value is -1.59. The summed E-state index contributed by atoms with van der Waals surface area (Å²) in [4.78, 5) is 17.4. The third kappa shape index (κ3) is 2.72. The highest BCUT2D eigenvalue weighted by Gasteiger charge is 2.25. The monoisotopic (exact) mass is 202 g/mol. The van der Waals surface area contributed by atoms with Gasteiger partial charge in [0.05, 0.1) is 12.3 Å². The fourth-order valence-corrected chi connectivity index (χ4v) is 1.04. The molecule has 4 nitrogen and oxygen atoms in total. The fraction of sp³-hybridized carbons (Fsp3) is 0.375. The number of rotatable bonds is 4. The zero-order valence-corrected chi connectivity index (χ0v) is 7.10. The quantitative estimate of drug-likeness (QED) is 0.799. The number of aliphatic carboxylic acids is 1. The second-order valence-corrected chi connectivity index (χ2v) is 2.71. The molecule has 1 atom stereocenters. The van der Waals surface area contributed by atoms with Gasteiger partial charge in [-0.25, -0.2) is 18.7 Å². The van der Waals surface area contributed by atoms with E-state index in [1.807, 2.05) is 0 Å². The number of halogens is 2. The number of hydrogen-bond donors (Lipinski definition) is 1. The van der Waals surface area contributed by atoms with Crippen molar-refractivity contribution in [3.8, 4) is 0 Å². The third-order valence-electron chi connectivity index (χ3n) is 1.71. The Kier molecular flexibility index (Phi) is 3.44. The topological polar surface area (TPSA) is 63.1 Å². The maximum Gasteiger partial charge on any atom is 0.304 e. The van der Waals surface area contributed by atoms with Gasteiger partial charge in [0, 0.05) is 12.4 Å². The van der Waals surface area contributed by atoms with Crippen molar-refractivity contribution in [3.05, 3.63) is 24.3 Å². The average molecular weight is 202 g/mol. The minimum Gasteiger partial charge on any atom is -0.481 e. The first kappa shape index (κ1) is 10.5. The Balaban J connectivity index is 2.83. The molecular weight excluding hydrogens is 194 g/mol. The molecule has 0 aliphatic rings. The van der Waals surface area contributed by atoms with E-state index in [1.165, 1.54) is 18.7 Å². The molecule has 1 aromatic rings. The van der Waals surface area contributed by atoms with Gasteiger partial charge in [-0.05, 0) is 5.56 Å². The van der Waals surface area contributed by atoms with Crippen LogP contribution in [0.2, 0.25) is 0 Å². The highest BCUT2D eigenvalue weighted by atomic mass is 19.3. The summed E-state index contributed by atoms with van der Waals surface area (Å²) in [7, 11) is 0. The van der Waals surface area contributed by atoms with Crippen molar-refractivity contribution in [2.45, 2.75) is 18.8 Å². The Bertz CT molecular complexity index is 305. The number of aromatic nitrogens is 2. The van der Waals surface area contributed by atoms with Crippen molar-refractivity contribution in [1.29, 1.82) is 0 Å². The summed E-state index contributed by atoms with van der Waals surface area (Å²) in [6.07, 6.45) is 0.259. The van der Waals surface area contributed by atoms with Crippen LogP contribution < -0.4 is 0 Å². The molecule has 0 spiro atoms. The number of carbonyl (C=O) groups is 1. The zero-order chi connectivity index (χ0) is 10.6. The molecule has 14 heavy (non-hydrogen) atoms. The lowest BCUT2D eigenvalue weighted by Crippen LogP contribution is -2.14. The lowest BCUT2D eigenvalue weighted by atomic mass is 9.99. The third-order valence-corrected chi connectivity index (χ3v) is 1.71. The Morgan fingerprint density at radius 2 is 2.00 bits per heavy atom. The molecule has 0 amide bonds. The Morgan fingerprint density at radius 3 is 2.43 bits per heavy atom. The zero-order valence-electron chi connectivity index (χ0n) is 7.10. The maximum absolute atomic E-state index is 12.4. The van der Waals surface area contributed by atoms with Gasteiger partial charge in [-0.2, -0.15) is 0 Å². The first-order valence-electron chi connectivity index (χ1n) is 3.86. The summed E-state index contributed by atoms with van der Waals surface area (Å²) in [5, 5.41) is 8.42. The van der Waals surface area contributed by atoms with E-state index in [9.17, 15) is 13.6 Å². The molecule has 0 aliphatic heterocycles. The van der Waals surface area contributed by atoms with Gasteiger partial charge >= 0.3 is 5.97 Å². The van der Waals surface area contributed by atoms with Crippen LogP contribution in [0.1, 0.15) is 17.9 Å². The van der Waals surface area contributed by atoms with Gasteiger partial charge in [-0.15, -0.1) is 0 Å². The largest absolute Gasteiger partial charge is 0.481 e. The summed E-state index contributed by atoms with van der Waals surface area (Å²) in [6, 6.07) is 0. The lowest BCUT2D eigenvalue weighted by Gasteiger charge is -2.12. The highest BCUT2D eigenvalue weighted by molar-refractivity contribution is 5.68. The van der Waals surface area contributed by atoms with Crippen LogP contribution in [-0.2, 0) is 4.79 Å². The second kappa shape index (κ2) is 4.59. The van der Waals surface area contributed by atoms with Crippen LogP contribution in [-0.4, -0.2) is 27.5 Å². The highest BCUT2D eigenvalue weighted by Crippen LogP contribution is 2.25. The van der Waals surface area contributed by atoms with Gasteiger partial charge in [0.15, 0.2) is 0 Å². The minimum atomic E-state index is -2.72. The predicted octanol–water partition coefficient (Wildman–Crippen LogP) is 1.30. The molecule has 1 unspecified atom stereocenters. The molecule has 0 aliphatic carbocycles. The molecule has 76 valence electrons. The van der Waals surface area contributed by atoms with Crippen molar-refractivity contribution in [2.24, 2.45) is 0 Å². The molecule has 0 fully saturated rings. The van der Waals surface area contributed by atoms with Crippen LogP contribution in [0.3, 0.4) is 0 Å². The van der Waals surface area contributed by atoms with Gasteiger partial charge in [0.1, 0.15) is 6.33 Å². The molecule has 6 heteroatoms. The average Bonchev–Trinajstić information content (AvgIpc) is 2.15. The van der Waals surface area contributed by atoms with E-state index in [0.717, 1.165) is 0 Å². The van der Waals surface area contributed by atoms with E-state index in [1.54, 1.807) is 0 Å². The molecule has 1 rings (SSSR count). The van der Waals surface area contributed by atoms with Gasteiger partial charge in [0.25, 0.3) is 0 Å². The molecule has 0 radical (unpaired) electrons. The second-order valence-electron chi connectivity index (χ2n) is 2.71. The standard InChI is InChI=1S/C8H8F2N2O2/c9-8(10)6(1-7(13)14)5-2-11-4-12-3-5/h2-4,6,8H,1H2,(H,13,14). The lowest BCUT2D eigenvalue weighted by molar-refractivity contribution is -0.138. The van der Waals surface area contributed by atoms with Gasteiger partial charge in [-0.3, -0.25) is 4.79 Å². The minimum absolute atomic E-state index is 0.143. The smallest absolute Gasteiger partial charge is 0.304 e. The van der Waals surface area contributed by atoms with Gasteiger partial charge < -0.3 is 5.11 Å². The number of carboxylic acids is 1. The van der Waals surface area contributed by atoms with Crippen LogP contribution in [0, 0.1) is 0 Å². The first-order valence-corrected chi connectivity index (χ1v) is 3.86. The molecule has 0 aromatic carbocycles. The van der Waals surface area contributed by atoms with Crippen LogP contribution in [0.25, 0.3) is 0 Å². The van der Waals surface area contributed by atoms with E-state index in [2.05, 4.69) is 9.97 Å². The molecule has 1 N–H and O–H groups in total. The molecule has 1 aromatic heterocycles. The van der Waals surface area contributed by atoms with Crippen molar-refractivity contribution >= 4 is 5.97 Å². The van der Waals surface area contributed by atoms with Crippen molar-refractivity contribution in [2.75, 3.05) is 0 Å². The number of alkyl halides is 2. The summed E-state index contributed by atoms with van der Waals surface area (Å²) in [5.74, 6) is -2.60. The summed E-state index contributed by atoms with van der Waals surface area (Å²) >= 11 is 0. The molecule has 0 bridgehead atoms. The normalized spacial score (nSPS) is 12.8. The number of hydrogen-bond acceptors (Lipinski definition) is 3. The van der Waals surface area contributed by atoms with Crippen molar-refractivity contribution < 1.29 is 18.7 Å². The van der Waals surface area contributed by atoms with Crippen molar-refractivity contribution in [3.63, 3.8) is 0 Å². The van der Waals surface area contributed by atoms with E-state index in [0.29, 0.717) is 0 Å². The SMILES string of the molecule is O=C(O)CC(c1cncnc1)C(F)F. The van der Waals surface area contributed by atoms with Gasteiger partial charge in [-0.1, -0.05) is 0 Å². The molecular formula is C8H8F2N2O2. The van der Waals surface area contributed by atoms with Crippen LogP contribution in [0.4, 0.5) is 8.78 Å². The number of nitrogens with zero attached hydrogens (tertiary/aromatic N) is 2. The Morgan fingerprint density at radius 1 is 1.43 bits per heavy atom. The van der Waals surface area contributed by atoms with Crippen LogP contribution >= 0.6 is 0 Å². The van der Waals surface area contributed by atoms with E-state index >= 15 is 0 Å². The summed E-state index contributed by atoms with van der Waals surface area (Å²) in [5.41, 5.74) is 0.143. The van der Waals surface area contributed by atoms with Crippen LogP contribution in [0.15, 0.2) is 18.7 Å². The molecule has 0 saturated carbocycles. The van der Waals surface area contributed by atoms with E-state index < -0.39 is 24.7 Å². The number of carboxylic acid groups (broad SMARTS) is 1. The van der Waals surface area contributed by atoms with E-state index in [-0.39, 0.29) is 5.56 Å². The van der Waals surface area contributed by atoms with Crippen molar-refractivity contribution in [1.82, 2.24) is 9.97 Å². The maximum atomic E-state index is 12.4.